The summed E-state index contributed by atoms with van der Waals surface area (Å²) in [4.78, 5) is 49.5. The minimum absolute atomic E-state index is 0.0239. The fourth-order valence-electron chi connectivity index (χ4n) is 14.3. The van der Waals surface area contributed by atoms with Gasteiger partial charge < -0.3 is 38.1 Å². The van der Waals surface area contributed by atoms with E-state index in [-0.39, 0.29) is 65.7 Å². The fraction of sp³-hybridized carbons (Fsp3) is 0.596. The zero-order chi connectivity index (χ0) is 41.8. The zero-order valence-electron chi connectivity index (χ0n) is 36.3. The van der Waals surface area contributed by atoms with Crippen LogP contribution in [0.25, 0.3) is 22.0 Å². The first-order valence-corrected chi connectivity index (χ1v) is 21.5. The highest BCUT2D eigenvalue weighted by Gasteiger charge is 2.76. The third-order valence-electron chi connectivity index (χ3n) is 16.5. The molecule has 1 spiro atoms. The molecular formula is C47H58N4O8. The summed E-state index contributed by atoms with van der Waals surface area (Å²) in [7, 11) is 10.6. The van der Waals surface area contributed by atoms with Crippen LogP contribution in [-0.4, -0.2) is 105 Å². The molecule has 7 heterocycles. The molecule has 6 fully saturated rings. The Hall–Kier alpha value is -4.55. The van der Waals surface area contributed by atoms with E-state index in [0.717, 1.165) is 82.5 Å². The van der Waals surface area contributed by atoms with Gasteiger partial charge in [0.15, 0.2) is 0 Å². The highest BCUT2D eigenvalue weighted by molar-refractivity contribution is 6.00. The van der Waals surface area contributed by atoms with Crippen molar-refractivity contribution >= 4 is 34.4 Å². The van der Waals surface area contributed by atoms with Crippen LogP contribution in [0, 0.1) is 36.5 Å². The van der Waals surface area contributed by atoms with Gasteiger partial charge in [0.05, 0.1) is 64.0 Å². The number of anilines is 1. The first-order chi connectivity index (χ1) is 28.3. The summed E-state index contributed by atoms with van der Waals surface area (Å²) < 4.78 is 32.9. The SMILES string of the molecule is C/C=C1\CN2CC[C@@]34c5cc(OC)c(-c6cc7c8c(n(C)c7cc6OC)[C@@H]6[C@H]7O[C@@H](C)[C@@H](CN6C(=O)C(C)C)[C@H]7[C@H]8C(=O)OC)c(C)c5N(C)[C@]23CC[C@@H]1[C@H]4C(=O)OC. The van der Waals surface area contributed by atoms with Gasteiger partial charge in [-0.25, -0.2) is 0 Å². The first-order valence-electron chi connectivity index (χ1n) is 21.5. The highest BCUT2D eigenvalue weighted by atomic mass is 16.5. The first kappa shape index (κ1) is 38.6. The maximum absolute atomic E-state index is 14.2. The second-order valence-electron chi connectivity index (χ2n) is 18.6. The second-order valence-corrected chi connectivity index (χ2v) is 18.6. The number of rotatable bonds is 6. The number of ether oxygens (including phenoxy) is 5. The Labute approximate surface area is 346 Å². The smallest absolute Gasteiger partial charge is 0.313 e. The van der Waals surface area contributed by atoms with Crippen molar-refractivity contribution in [2.24, 2.45) is 36.6 Å². The van der Waals surface area contributed by atoms with Gasteiger partial charge in [0.25, 0.3) is 0 Å². The molecular weight excluding hydrogens is 749 g/mol. The predicted octanol–water partition coefficient (Wildman–Crippen LogP) is 6.25. The normalized spacial score (nSPS) is 35.2. The van der Waals surface area contributed by atoms with E-state index < -0.39 is 17.0 Å². The van der Waals surface area contributed by atoms with Crippen molar-refractivity contribution in [3.05, 3.63) is 52.2 Å². The van der Waals surface area contributed by atoms with Gasteiger partial charge in [0.1, 0.15) is 17.2 Å². The molecule has 8 aliphatic rings. The van der Waals surface area contributed by atoms with Crippen molar-refractivity contribution in [3.63, 3.8) is 0 Å². The molecule has 2 aromatic carbocycles. The zero-order valence-corrected chi connectivity index (χ0v) is 36.3. The van der Waals surface area contributed by atoms with Crippen molar-refractivity contribution < 1.29 is 38.1 Å². The molecule has 59 heavy (non-hydrogen) atoms. The van der Waals surface area contributed by atoms with Gasteiger partial charge >= 0.3 is 11.9 Å². The average molecular weight is 807 g/mol. The number of carbonyl (C=O) groups excluding carboxylic acids is 3. The van der Waals surface area contributed by atoms with Crippen molar-refractivity contribution in [1.29, 1.82) is 0 Å². The number of nitrogens with zero attached hydrogens (tertiary/aromatic N) is 4. The monoisotopic (exact) mass is 806 g/mol. The number of hydrogen-bond acceptors (Lipinski definition) is 10. The third-order valence-corrected chi connectivity index (χ3v) is 16.5. The Kier molecular flexibility index (Phi) is 8.50. The molecule has 5 saturated heterocycles. The lowest BCUT2D eigenvalue weighted by Gasteiger charge is -2.54. The van der Waals surface area contributed by atoms with E-state index in [1.165, 1.54) is 19.8 Å². The van der Waals surface area contributed by atoms with Crippen molar-refractivity contribution in [1.82, 2.24) is 14.4 Å². The number of hydrogen-bond donors (Lipinski definition) is 0. The Bertz CT molecular complexity index is 2380. The Morgan fingerprint density at radius 3 is 2.37 bits per heavy atom. The predicted molar refractivity (Wildman–Crippen MR) is 223 cm³/mol. The molecule has 12 heteroatoms. The van der Waals surface area contributed by atoms with Crippen LogP contribution in [0.5, 0.6) is 11.5 Å². The van der Waals surface area contributed by atoms with Crippen LogP contribution in [0.4, 0.5) is 5.69 Å². The molecule has 8 bridgehead atoms. The van der Waals surface area contributed by atoms with Gasteiger partial charge in [0, 0.05) is 90.9 Å². The molecule has 1 saturated carbocycles. The van der Waals surface area contributed by atoms with E-state index in [2.05, 4.69) is 66.5 Å². The van der Waals surface area contributed by atoms with Crippen LogP contribution in [-0.2, 0) is 41.1 Å². The lowest BCUT2D eigenvalue weighted by atomic mass is 9.54. The van der Waals surface area contributed by atoms with Gasteiger partial charge in [-0.2, -0.15) is 0 Å². The number of fused-ring (bicyclic) bond motifs is 7. The highest BCUT2D eigenvalue weighted by Crippen LogP contribution is 2.71. The minimum atomic E-state index is -0.580. The van der Waals surface area contributed by atoms with Crippen LogP contribution in [0.15, 0.2) is 29.8 Å². The molecule has 12 nitrogen and oxygen atoms in total. The van der Waals surface area contributed by atoms with Gasteiger partial charge in [-0.3, -0.25) is 19.3 Å². The van der Waals surface area contributed by atoms with Crippen LogP contribution in [0.2, 0.25) is 0 Å². The summed E-state index contributed by atoms with van der Waals surface area (Å²) in [6.45, 7) is 12.5. The van der Waals surface area contributed by atoms with Crippen molar-refractivity contribution in [2.45, 2.75) is 89.1 Å². The summed E-state index contributed by atoms with van der Waals surface area (Å²) >= 11 is 0. The van der Waals surface area contributed by atoms with E-state index in [1.54, 1.807) is 14.2 Å². The number of likely N-dealkylation sites (N-methyl/N-ethyl adjacent to an activating group) is 1. The van der Waals surface area contributed by atoms with Crippen molar-refractivity contribution in [3.8, 4) is 22.6 Å². The Morgan fingerprint density at radius 1 is 0.983 bits per heavy atom. The molecule has 0 N–H and O–H groups in total. The second kappa shape index (κ2) is 13.0. The number of likely N-dealkylation sites (tertiary alicyclic amines) is 1. The number of benzene rings is 2. The van der Waals surface area contributed by atoms with Gasteiger partial charge in [-0.15, -0.1) is 0 Å². The molecule has 1 aromatic heterocycles. The molecule has 1 amide bonds. The van der Waals surface area contributed by atoms with E-state index in [0.29, 0.717) is 18.0 Å². The van der Waals surface area contributed by atoms with Crippen LogP contribution < -0.4 is 14.4 Å². The van der Waals surface area contributed by atoms with Gasteiger partial charge in [-0.1, -0.05) is 25.5 Å². The molecule has 3 aromatic rings. The maximum atomic E-state index is 14.2. The molecule has 6 aliphatic heterocycles. The number of piperidine rings is 1. The van der Waals surface area contributed by atoms with Gasteiger partial charge in [0.2, 0.25) is 5.91 Å². The van der Waals surface area contributed by atoms with Crippen LogP contribution in [0.1, 0.15) is 81.3 Å². The maximum Gasteiger partial charge on any atom is 0.313 e. The topological polar surface area (TPSA) is 112 Å². The van der Waals surface area contributed by atoms with E-state index >= 15 is 0 Å². The molecule has 314 valence electrons. The third kappa shape index (κ3) is 4.44. The summed E-state index contributed by atoms with van der Waals surface area (Å²) in [5, 5.41) is 0.917. The number of methoxy groups -OCH3 is 4. The number of esters is 2. The molecule has 0 radical (unpaired) electrons. The molecule has 11 atom stereocenters. The fourth-order valence-corrected chi connectivity index (χ4v) is 14.3. The summed E-state index contributed by atoms with van der Waals surface area (Å²) in [5.74, 6) is -0.164. The van der Waals surface area contributed by atoms with E-state index in [1.807, 2.05) is 25.8 Å². The van der Waals surface area contributed by atoms with E-state index in [4.69, 9.17) is 23.7 Å². The number of carbonyl (C=O) groups is 3. The van der Waals surface area contributed by atoms with Crippen molar-refractivity contribution in [2.75, 3.05) is 60.0 Å². The largest absolute Gasteiger partial charge is 0.496 e. The van der Waals surface area contributed by atoms with Crippen LogP contribution >= 0.6 is 0 Å². The summed E-state index contributed by atoms with van der Waals surface area (Å²) in [6.07, 6.45) is 4.47. The Balaban J connectivity index is 1.23. The summed E-state index contributed by atoms with van der Waals surface area (Å²) in [6, 6.07) is 6.08. The number of amides is 1. The number of aromatic nitrogens is 1. The number of allylic oxidation sites excluding steroid dienone is 1. The molecule has 2 aliphatic carbocycles. The minimum Gasteiger partial charge on any atom is -0.496 e. The van der Waals surface area contributed by atoms with Gasteiger partial charge in [-0.05, 0) is 74.8 Å². The lowest BCUT2D eigenvalue weighted by Crippen LogP contribution is -2.66. The summed E-state index contributed by atoms with van der Waals surface area (Å²) in [5.41, 5.74) is 8.18. The standard InChI is InChI=1S/C47H58N4O8/c1-12-25-20-50-16-15-46-30-18-33(56-9)34(23(4)39(30)49(7)47(46,50)14-13-26(25)38(46)45(54)58-11)28-17-27-31(19-32(28)55-8)48(6)40-35(27)37(44(53)57-10)36-29-21-51(43(52)22(2)3)41(40)42(36)59-24(29)5/h12,17-19,22,24,26,29,36-38,41-42H,13-16,20-21H2,1-11H3/b25-12+/t24-,26-,29+,36-,37-,38-,41+,42-,46-,47+/m0/s1. The van der Waals surface area contributed by atoms with Crippen LogP contribution in [0.3, 0.4) is 0 Å². The Morgan fingerprint density at radius 2 is 1.71 bits per heavy atom. The van der Waals surface area contributed by atoms with E-state index in [9.17, 15) is 14.4 Å². The number of aryl methyl sites for hydroxylation is 1. The molecule has 11 rings (SSSR count). The lowest BCUT2D eigenvalue weighted by molar-refractivity contribution is -0.154. The average Bonchev–Trinajstić information content (AvgIpc) is 3.80. The quantitative estimate of drug-likeness (QED) is 0.210. The molecule has 1 unspecified atom stereocenters.